The highest BCUT2D eigenvalue weighted by atomic mass is 35.5. The van der Waals surface area contributed by atoms with E-state index < -0.39 is 12.2 Å². The quantitative estimate of drug-likeness (QED) is 0.932. The molecule has 0 aliphatic carbocycles. The first-order valence-electron chi connectivity index (χ1n) is 6.06. The first kappa shape index (κ1) is 14.4. The molecule has 0 spiro atoms. The topological polar surface area (TPSA) is 49.8 Å². The predicted molar refractivity (Wildman–Crippen MR) is 73.8 cm³/mol. The summed E-state index contributed by atoms with van der Waals surface area (Å²) in [6.07, 6.45) is -0.473. The third-order valence-electron chi connectivity index (χ3n) is 3.02. The van der Waals surface area contributed by atoms with E-state index in [9.17, 15) is 9.90 Å². The molecule has 2 rings (SSSR count). The molecule has 1 amide bonds. The highest BCUT2D eigenvalue weighted by Crippen LogP contribution is 2.28. The van der Waals surface area contributed by atoms with E-state index in [1.807, 2.05) is 0 Å². The summed E-state index contributed by atoms with van der Waals surface area (Å²) >= 11 is 11.8. The molecule has 1 N–H and O–H groups in total. The van der Waals surface area contributed by atoms with Crippen LogP contribution in [0.4, 0.5) is 0 Å². The summed E-state index contributed by atoms with van der Waals surface area (Å²) in [5.74, 6) is 0.272. The molecule has 19 heavy (non-hydrogen) atoms. The van der Waals surface area contributed by atoms with E-state index in [1.165, 1.54) is 0 Å². The zero-order valence-electron chi connectivity index (χ0n) is 10.5. The zero-order chi connectivity index (χ0) is 14.0. The number of likely N-dealkylation sites (tertiary alicyclic amines) is 1. The standard InChI is InChI=1S/C13H15Cl2NO3/c1-8(13(18)16-5-4-10(17)7-16)19-12-3-2-9(14)6-11(12)15/h2-3,6,8,10,17H,4-5,7H2,1H3/t8?,10-/m0/s1. The van der Waals surface area contributed by atoms with Gasteiger partial charge in [-0.3, -0.25) is 4.79 Å². The molecular formula is C13H15Cl2NO3. The van der Waals surface area contributed by atoms with Gasteiger partial charge in [0.05, 0.1) is 11.1 Å². The van der Waals surface area contributed by atoms with Crippen molar-refractivity contribution in [2.75, 3.05) is 13.1 Å². The van der Waals surface area contributed by atoms with Crippen molar-refractivity contribution in [3.63, 3.8) is 0 Å². The fraction of sp³-hybridized carbons (Fsp3) is 0.462. The van der Waals surface area contributed by atoms with Crippen LogP contribution in [0.1, 0.15) is 13.3 Å². The Morgan fingerprint density at radius 2 is 2.26 bits per heavy atom. The van der Waals surface area contributed by atoms with Crippen LogP contribution >= 0.6 is 23.2 Å². The van der Waals surface area contributed by atoms with Crippen molar-refractivity contribution in [3.05, 3.63) is 28.2 Å². The number of carbonyl (C=O) groups is 1. The van der Waals surface area contributed by atoms with E-state index in [1.54, 1.807) is 30.0 Å². The number of aliphatic hydroxyl groups is 1. The van der Waals surface area contributed by atoms with Crippen molar-refractivity contribution in [2.24, 2.45) is 0 Å². The SMILES string of the molecule is CC(Oc1ccc(Cl)cc1Cl)C(=O)N1CC[C@H](O)C1. The van der Waals surface area contributed by atoms with E-state index in [4.69, 9.17) is 27.9 Å². The van der Waals surface area contributed by atoms with Gasteiger partial charge >= 0.3 is 0 Å². The van der Waals surface area contributed by atoms with Crippen molar-refractivity contribution < 1.29 is 14.6 Å². The number of ether oxygens (including phenoxy) is 1. The summed E-state index contributed by atoms with van der Waals surface area (Å²) in [6, 6.07) is 4.85. The van der Waals surface area contributed by atoms with Gasteiger partial charge in [-0.05, 0) is 31.5 Å². The third-order valence-corrected chi connectivity index (χ3v) is 3.55. The zero-order valence-corrected chi connectivity index (χ0v) is 12.0. The molecule has 1 aromatic carbocycles. The minimum absolute atomic E-state index is 0.150. The molecule has 0 radical (unpaired) electrons. The fourth-order valence-corrected chi connectivity index (χ4v) is 2.46. The lowest BCUT2D eigenvalue weighted by Crippen LogP contribution is -2.39. The van der Waals surface area contributed by atoms with Gasteiger partial charge < -0.3 is 14.7 Å². The van der Waals surface area contributed by atoms with Crippen LogP contribution in [0.15, 0.2) is 18.2 Å². The number of β-amino-alcohol motifs (C(OH)–C–C–N with tert-alkyl or cyclic N) is 1. The maximum Gasteiger partial charge on any atom is 0.263 e. The Morgan fingerprint density at radius 3 is 2.84 bits per heavy atom. The summed E-state index contributed by atoms with van der Waals surface area (Å²) in [7, 11) is 0. The van der Waals surface area contributed by atoms with Crippen LogP contribution in [0.3, 0.4) is 0 Å². The number of carbonyl (C=O) groups excluding carboxylic acids is 1. The van der Waals surface area contributed by atoms with Gasteiger partial charge in [-0.15, -0.1) is 0 Å². The predicted octanol–water partition coefficient (Wildman–Crippen LogP) is 2.35. The molecule has 1 aromatic rings. The molecule has 1 aliphatic heterocycles. The van der Waals surface area contributed by atoms with E-state index in [2.05, 4.69) is 0 Å². The number of hydrogen-bond acceptors (Lipinski definition) is 3. The molecule has 4 nitrogen and oxygen atoms in total. The summed E-state index contributed by atoms with van der Waals surface area (Å²) in [6.45, 7) is 2.58. The summed E-state index contributed by atoms with van der Waals surface area (Å²) in [5, 5.41) is 10.3. The van der Waals surface area contributed by atoms with Crippen LogP contribution in [-0.2, 0) is 4.79 Å². The molecule has 1 unspecified atom stereocenters. The Kier molecular flexibility index (Phi) is 4.55. The highest BCUT2D eigenvalue weighted by molar-refractivity contribution is 6.35. The van der Waals surface area contributed by atoms with Gasteiger partial charge in [0.2, 0.25) is 0 Å². The Hall–Kier alpha value is -0.970. The summed E-state index contributed by atoms with van der Waals surface area (Å²) < 4.78 is 5.55. The van der Waals surface area contributed by atoms with Crippen LogP contribution in [0, 0.1) is 0 Å². The van der Waals surface area contributed by atoms with Crippen LogP contribution in [-0.4, -0.2) is 41.2 Å². The van der Waals surface area contributed by atoms with Crippen molar-refractivity contribution >= 4 is 29.1 Å². The first-order chi connectivity index (χ1) is 8.97. The molecule has 0 saturated carbocycles. The summed E-state index contributed by atoms with van der Waals surface area (Å²) in [5.41, 5.74) is 0. The average molecular weight is 304 g/mol. The van der Waals surface area contributed by atoms with Gasteiger partial charge in [0.15, 0.2) is 6.10 Å². The van der Waals surface area contributed by atoms with Crippen LogP contribution in [0.5, 0.6) is 5.75 Å². The third kappa shape index (κ3) is 3.53. The average Bonchev–Trinajstić information content (AvgIpc) is 2.78. The maximum atomic E-state index is 12.1. The van der Waals surface area contributed by atoms with Crippen molar-refractivity contribution in [1.82, 2.24) is 4.90 Å². The molecule has 1 heterocycles. The molecule has 1 fully saturated rings. The second kappa shape index (κ2) is 5.99. The molecule has 0 bridgehead atoms. The summed E-state index contributed by atoms with van der Waals surface area (Å²) in [4.78, 5) is 13.7. The normalized spacial score (nSPS) is 20.4. The largest absolute Gasteiger partial charge is 0.479 e. The van der Waals surface area contributed by atoms with Gasteiger partial charge in [0, 0.05) is 18.1 Å². The monoisotopic (exact) mass is 303 g/mol. The molecule has 2 atom stereocenters. The fourth-order valence-electron chi connectivity index (χ4n) is 2.01. The van der Waals surface area contributed by atoms with Gasteiger partial charge in [-0.2, -0.15) is 0 Å². The van der Waals surface area contributed by atoms with Crippen molar-refractivity contribution in [2.45, 2.75) is 25.6 Å². The number of aliphatic hydroxyl groups excluding tert-OH is 1. The van der Waals surface area contributed by atoms with Gasteiger partial charge in [-0.1, -0.05) is 23.2 Å². The number of hydrogen-bond donors (Lipinski definition) is 1. The Bertz CT molecular complexity index is 481. The van der Waals surface area contributed by atoms with Crippen molar-refractivity contribution in [3.8, 4) is 5.75 Å². The molecule has 1 saturated heterocycles. The second-order valence-corrected chi connectivity index (χ2v) is 5.41. The van der Waals surface area contributed by atoms with E-state index in [0.717, 1.165) is 0 Å². The Balaban J connectivity index is 2.00. The molecular weight excluding hydrogens is 289 g/mol. The first-order valence-corrected chi connectivity index (χ1v) is 6.81. The minimum Gasteiger partial charge on any atom is -0.479 e. The van der Waals surface area contributed by atoms with Gasteiger partial charge in [0.25, 0.3) is 5.91 Å². The molecule has 104 valence electrons. The van der Waals surface area contributed by atoms with Gasteiger partial charge in [-0.25, -0.2) is 0 Å². The number of nitrogens with zero attached hydrogens (tertiary/aromatic N) is 1. The molecule has 0 aromatic heterocycles. The number of amides is 1. The number of benzene rings is 1. The van der Waals surface area contributed by atoms with Crippen LogP contribution in [0.2, 0.25) is 10.0 Å². The van der Waals surface area contributed by atoms with E-state index >= 15 is 0 Å². The molecule has 6 heteroatoms. The number of halogens is 2. The van der Waals surface area contributed by atoms with E-state index in [0.29, 0.717) is 35.3 Å². The Labute approximate surface area is 121 Å². The smallest absolute Gasteiger partial charge is 0.263 e. The lowest BCUT2D eigenvalue weighted by Gasteiger charge is -2.21. The van der Waals surface area contributed by atoms with E-state index in [-0.39, 0.29) is 5.91 Å². The van der Waals surface area contributed by atoms with Crippen molar-refractivity contribution in [1.29, 1.82) is 0 Å². The lowest BCUT2D eigenvalue weighted by atomic mass is 10.3. The van der Waals surface area contributed by atoms with Crippen LogP contribution < -0.4 is 4.74 Å². The lowest BCUT2D eigenvalue weighted by molar-refractivity contribution is -0.137. The molecule has 1 aliphatic rings. The number of rotatable bonds is 3. The van der Waals surface area contributed by atoms with Crippen LogP contribution in [0.25, 0.3) is 0 Å². The van der Waals surface area contributed by atoms with Gasteiger partial charge in [0.1, 0.15) is 5.75 Å². The minimum atomic E-state index is -0.649. The highest BCUT2D eigenvalue weighted by Gasteiger charge is 2.29. The maximum absolute atomic E-state index is 12.1. The Morgan fingerprint density at radius 1 is 1.53 bits per heavy atom. The second-order valence-electron chi connectivity index (χ2n) is 4.56.